The standard InChI is InChI=1S/C20H23N5O/c1-14-10-19(22-18-7-5-4-6-17(14)18)24-8-9-25(15(2)12-24)20(26)16-11-21-23(3)13-16/h4-7,10-11,13,15H,8-9,12H2,1-3H3. The van der Waals surface area contributed by atoms with E-state index in [4.69, 9.17) is 4.98 Å². The molecule has 26 heavy (non-hydrogen) atoms. The van der Waals surface area contributed by atoms with Crippen molar-refractivity contribution < 1.29 is 4.79 Å². The molecule has 4 rings (SSSR count). The first-order valence-corrected chi connectivity index (χ1v) is 8.94. The van der Waals surface area contributed by atoms with Crippen LogP contribution in [0.2, 0.25) is 0 Å². The third-order valence-corrected chi connectivity index (χ3v) is 5.07. The number of anilines is 1. The smallest absolute Gasteiger partial charge is 0.257 e. The van der Waals surface area contributed by atoms with Crippen molar-refractivity contribution in [3.05, 3.63) is 53.9 Å². The van der Waals surface area contributed by atoms with Crippen molar-refractivity contribution in [1.82, 2.24) is 19.7 Å². The third kappa shape index (κ3) is 2.92. The first-order chi connectivity index (χ1) is 12.5. The van der Waals surface area contributed by atoms with Gasteiger partial charge >= 0.3 is 0 Å². The van der Waals surface area contributed by atoms with E-state index in [-0.39, 0.29) is 11.9 Å². The van der Waals surface area contributed by atoms with Crippen LogP contribution >= 0.6 is 0 Å². The maximum absolute atomic E-state index is 12.7. The monoisotopic (exact) mass is 349 g/mol. The molecule has 1 aromatic carbocycles. The minimum absolute atomic E-state index is 0.0490. The van der Waals surface area contributed by atoms with Crippen LogP contribution in [0.3, 0.4) is 0 Å². The Kier molecular flexibility index (Phi) is 4.11. The molecule has 0 radical (unpaired) electrons. The van der Waals surface area contributed by atoms with Crippen molar-refractivity contribution in [1.29, 1.82) is 0 Å². The summed E-state index contributed by atoms with van der Waals surface area (Å²) >= 11 is 0. The Morgan fingerprint density at radius 1 is 1.23 bits per heavy atom. The van der Waals surface area contributed by atoms with Crippen molar-refractivity contribution in [3.63, 3.8) is 0 Å². The number of fused-ring (bicyclic) bond motifs is 1. The number of pyridine rings is 1. The molecule has 0 N–H and O–H groups in total. The molecule has 1 atom stereocenters. The lowest BCUT2D eigenvalue weighted by Crippen LogP contribution is -2.54. The number of benzene rings is 1. The van der Waals surface area contributed by atoms with Crippen molar-refractivity contribution in [2.75, 3.05) is 24.5 Å². The highest BCUT2D eigenvalue weighted by atomic mass is 16.2. The zero-order valence-electron chi connectivity index (χ0n) is 15.4. The number of rotatable bonds is 2. The van der Waals surface area contributed by atoms with Crippen LogP contribution in [0.1, 0.15) is 22.8 Å². The molecule has 0 aliphatic carbocycles. The normalized spacial score (nSPS) is 17.7. The molecule has 1 saturated heterocycles. The highest BCUT2D eigenvalue weighted by Gasteiger charge is 2.29. The molecule has 0 bridgehead atoms. The van der Waals surface area contributed by atoms with Crippen molar-refractivity contribution in [3.8, 4) is 0 Å². The molecule has 6 heteroatoms. The molecular weight excluding hydrogens is 326 g/mol. The maximum Gasteiger partial charge on any atom is 0.257 e. The van der Waals surface area contributed by atoms with Crippen molar-refractivity contribution in [2.45, 2.75) is 19.9 Å². The second-order valence-corrected chi connectivity index (χ2v) is 7.01. The Labute approximate surface area is 153 Å². The predicted molar refractivity (Wildman–Crippen MR) is 102 cm³/mol. The lowest BCUT2D eigenvalue weighted by molar-refractivity contribution is 0.0673. The van der Waals surface area contributed by atoms with E-state index in [9.17, 15) is 4.79 Å². The minimum Gasteiger partial charge on any atom is -0.353 e. The van der Waals surface area contributed by atoms with Gasteiger partial charge in [0.15, 0.2) is 0 Å². The van der Waals surface area contributed by atoms with E-state index < -0.39 is 0 Å². The van der Waals surface area contributed by atoms with Crippen LogP contribution < -0.4 is 4.90 Å². The van der Waals surface area contributed by atoms with Crippen LogP contribution in [0.15, 0.2) is 42.7 Å². The Morgan fingerprint density at radius 3 is 2.77 bits per heavy atom. The van der Waals surface area contributed by atoms with Gasteiger partial charge < -0.3 is 9.80 Å². The topological polar surface area (TPSA) is 54.3 Å². The number of amides is 1. The van der Waals surface area contributed by atoms with Gasteiger partial charge in [0.2, 0.25) is 0 Å². The average Bonchev–Trinajstić information content (AvgIpc) is 3.07. The van der Waals surface area contributed by atoms with Crippen LogP contribution in [0.25, 0.3) is 10.9 Å². The summed E-state index contributed by atoms with van der Waals surface area (Å²) in [4.78, 5) is 21.8. The Hall–Kier alpha value is -2.89. The summed E-state index contributed by atoms with van der Waals surface area (Å²) in [5.41, 5.74) is 2.89. The summed E-state index contributed by atoms with van der Waals surface area (Å²) in [7, 11) is 1.83. The molecule has 6 nitrogen and oxygen atoms in total. The fourth-order valence-electron chi connectivity index (χ4n) is 3.66. The lowest BCUT2D eigenvalue weighted by Gasteiger charge is -2.40. The van der Waals surface area contributed by atoms with Crippen LogP contribution in [0.5, 0.6) is 0 Å². The molecule has 1 fully saturated rings. The lowest BCUT2D eigenvalue weighted by atomic mass is 10.1. The first kappa shape index (κ1) is 16.6. The maximum atomic E-state index is 12.7. The number of aromatic nitrogens is 3. The second-order valence-electron chi connectivity index (χ2n) is 7.01. The molecule has 0 saturated carbocycles. The molecular formula is C20H23N5O. The van der Waals surface area contributed by atoms with Crippen LogP contribution in [0.4, 0.5) is 5.82 Å². The summed E-state index contributed by atoms with van der Waals surface area (Å²) in [6.45, 7) is 6.45. The summed E-state index contributed by atoms with van der Waals surface area (Å²) < 4.78 is 1.66. The van der Waals surface area contributed by atoms with Gasteiger partial charge in [-0.2, -0.15) is 5.10 Å². The van der Waals surface area contributed by atoms with Crippen LogP contribution in [0, 0.1) is 6.92 Å². The molecule has 1 aliphatic rings. The largest absolute Gasteiger partial charge is 0.353 e. The zero-order valence-corrected chi connectivity index (χ0v) is 15.4. The Bertz CT molecular complexity index is 964. The fraction of sp³-hybridized carbons (Fsp3) is 0.350. The predicted octanol–water partition coefficient (Wildman–Crippen LogP) is 2.63. The number of nitrogens with zero attached hydrogens (tertiary/aromatic N) is 5. The quantitative estimate of drug-likeness (QED) is 0.714. The molecule has 134 valence electrons. The minimum atomic E-state index is 0.0490. The second kappa shape index (κ2) is 6.44. The molecule has 1 aliphatic heterocycles. The van der Waals surface area contributed by atoms with Gasteiger partial charge in [-0.3, -0.25) is 9.48 Å². The zero-order chi connectivity index (χ0) is 18.3. The van der Waals surface area contributed by atoms with E-state index in [2.05, 4.69) is 42.0 Å². The fourth-order valence-corrected chi connectivity index (χ4v) is 3.66. The van der Waals surface area contributed by atoms with Gasteiger partial charge in [-0.15, -0.1) is 0 Å². The van der Waals surface area contributed by atoms with Gasteiger partial charge in [-0.05, 0) is 31.5 Å². The number of aryl methyl sites for hydroxylation is 2. The molecule has 2 aromatic heterocycles. The van der Waals surface area contributed by atoms with E-state index in [1.165, 1.54) is 10.9 Å². The van der Waals surface area contributed by atoms with Gasteiger partial charge in [0, 0.05) is 44.3 Å². The average molecular weight is 349 g/mol. The number of para-hydroxylation sites is 1. The number of hydrogen-bond donors (Lipinski definition) is 0. The highest BCUT2D eigenvalue weighted by Crippen LogP contribution is 2.24. The van der Waals surface area contributed by atoms with Crippen LogP contribution in [-0.2, 0) is 7.05 Å². The van der Waals surface area contributed by atoms with Gasteiger partial charge in [0.1, 0.15) is 5.82 Å². The SMILES string of the molecule is Cc1cc(N2CCN(C(=O)c3cnn(C)c3)C(C)C2)nc2ccccc12. The summed E-state index contributed by atoms with van der Waals surface area (Å²) in [6, 6.07) is 10.5. The van der Waals surface area contributed by atoms with Crippen molar-refractivity contribution >= 4 is 22.6 Å². The molecule has 1 unspecified atom stereocenters. The third-order valence-electron chi connectivity index (χ3n) is 5.07. The Balaban J connectivity index is 1.54. The van der Waals surface area contributed by atoms with Gasteiger partial charge in [-0.25, -0.2) is 4.98 Å². The number of hydrogen-bond acceptors (Lipinski definition) is 4. The molecule has 3 aromatic rings. The number of piperazine rings is 1. The van der Waals surface area contributed by atoms with Gasteiger partial charge in [-0.1, -0.05) is 18.2 Å². The molecule has 1 amide bonds. The van der Waals surface area contributed by atoms with Gasteiger partial charge in [0.05, 0.1) is 17.3 Å². The number of carbonyl (C=O) groups excluding carboxylic acids is 1. The first-order valence-electron chi connectivity index (χ1n) is 8.94. The van der Waals surface area contributed by atoms with E-state index >= 15 is 0 Å². The molecule has 0 spiro atoms. The molecule has 3 heterocycles. The van der Waals surface area contributed by atoms with Gasteiger partial charge in [0.25, 0.3) is 5.91 Å². The van der Waals surface area contributed by atoms with E-state index in [1.54, 1.807) is 17.1 Å². The van der Waals surface area contributed by atoms with Crippen molar-refractivity contribution in [2.24, 2.45) is 7.05 Å². The summed E-state index contributed by atoms with van der Waals surface area (Å²) in [5, 5.41) is 5.30. The number of carbonyl (C=O) groups is 1. The Morgan fingerprint density at radius 2 is 2.04 bits per heavy atom. The van der Waals surface area contributed by atoms with E-state index in [1.807, 2.05) is 24.1 Å². The van der Waals surface area contributed by atoms with E-state index in [0.29, 0.717) is 12.1 Å². The van der Waals surface area contributed by atoms with E-state index in [0.717, 1.165) is 24.4 Å². The highest BCUT2D eigenvalue weighted by molar-refractivity contribution is 5.94. The van der Waals surface area contributed by atoms with Crippen LogP contribution in [-0.4, -0.2) is 51.2 Å². The summed E-state index contributed by atoms with van der Waals surface area (Å²) in [5.74, 6) is 1.04. The summed E-state index contributed by atoms with van der Waals surface area (Å²) in [6.07, 6.45) is 3.41.